The molecule has 0 saturated heterocycles. The Kier molecular flexibility index (Phi) is 14.0. The van der Waals surface area contributed by atoms with Gasteiger partial charge < -0.3 is 50.0 Å². The third-order valence-electron chi connectivity index (χ3n) is 10.7. The van der Waals surface area contributed by atoms with Crippen molar-refractivity contribution in [3.05, 3.63) is 93.0 Å². The summed E-state index contributed by atoms with van der Waals surface area (Å²) in [5, 5.41) is 54.5. The van der Waals surface area contributed by atoms with E-state index in [0.717, 1.165) is 12.1 Å². The maximum atomic E-state index is 13.9. The van der Waals surface area contributed by atoms with Crippen LogP contribution >= 0.6 is 18.9 Å². The van der Waals surface area contributed by atoms with Gasteiger partial charge in [-0.05, 0) is 87.3 Å². The van der Waals surface area contributed by atoms with Crippen LogP contribution in [-0.4, -0.2) is 102 Å². The zero-order chi connectivity index (χ0) is 51.0. The van der Waals surface area contributed by atoms with Gasteiger partial charge in [0, 0.05) is 15.8 Å². The molecular formula is C43H34F3N4O17PS2. The number of fused-ring (bicyclic) bond motifs is 5. The third-order valence-corrected chi connectivity index (χ3v) is 14.9. The molecule has 3 heterocycles. The Morgan fingerprint density at radius 2 is 1.24 bits per heavy atom. The van der Waals surface area contributed by atoms with Gasteiger partial charge in [0.05, 0.1) is 67.1 Å². The monoisotopic (exact) mass is 1030 g/mol. The van der Waals surface area contributed by atoms with Crippen LogP contribution in [0.4, 0.5) is 13.2 Å². The number of ether oxygens (including phenoxy) is 2. The second-order valence-electron chi connectivity index (χ2n) is 15.4. The van der Waals surface area contributed by atoms with Crippen LogP contribution in [0.5, 0.6) is 17.2 Å². The topological polar surface area (TPSA) is 342 Å². The molecule has 1 atom stereocenters. The number of sulfonamides is 1. The number of carboxylic acids is 4. The first-order chi connectivity index (χ1) is 32.9. The molecule has 2 amide bonds. The number of rotatable bonds is 16. The van der Waals surface area contributed by atoms with Gasteiger partial charge >= 0.3 is 37.6 Å². The van der Waals surface area contributed by atoms with Gasteiger partial charge in [-0.25, -0.2) is 13.0 Å². The fraction of sp³-hybridized carbons (Fsp3) is 0.233. The molecule has 1 unspecified atom stereocenters. The number of nitrogens with one attached hydrogen (secondary N) is 3. The van der Waals surface area contributed by atoms with Crippen molar-refractivity contribution in [1.29, 1.82) is 5.26 Å². The molecule has 7 rings (SSSR count). The Balaban J connectivity index is 1.47. The molecule has 21 nitrogen and oxygen atoms in total. The van der Waals surface area contributed by atoms with Crippen molar-refractivity contribution in [2.24, 2.45) is 0 Å². The standard InChI is InChI=1S/C43H34F3N4O17PS2/c44-43(45,46)30-9-21(2-1-19(30)17-47)67-68(61,62)18-50-70(63,64)38-8-20-7-22(23-10-31-28(15-36(55)56)39(26(23)13-34(51)52)41(59)48-3-5-65-31)25(12-33(20)69-38)24-11-32-29(16-37(57)58)40(27(24)14-35(53)54)42(60)49-4-6-66-32/h1-2,7-12,50H,3-6,13-16,18H2,(H,48,59)(H,49,60)(H,51,52)(H,53,54)(H,55,56)(H,57,58)(H,61,62). The van der Waals surface area contributed by atoms with Crippen LogP contribution in [0, 0.1) is 11.3 Å². The average molecular weight is 1030 g/mol. The van der Waals surface area contributed by atoms with E-state index in [1.54, 1.807) is 0 Å². The number of nitrogens with zero attached hydrogens (tertiary/aromatic N) is 1. The minimum absolute atomic E-state index is 0.0408. The average Bonchev–Trinajstić information content (AvgIpc) is 3.69. The molecule has 0 spiro atoms. The highest BCUT2D eigenvalue weighted by Crippen LogP contribution is 2.48. The third kappa shape index (κ3) is 10.7. The minimum atomic E-state index is -5.15. The summed E-state index contributed by atoms with van der Waals surface area (Å²) in [6, 6.07) is 9.29. The number of carbonyl (C=O) groups excluding carboxylic acids is 2. The SMILES string of the molecule is N#Cc1ccc(OP(=O)(O)CNS(=O)(=O)c2cc3cc(-c4cc5c(CC(=O)O)c(c4CC(=O)O)C(=O)NCCO5)c(-c4cc5c(CC(=O)O)c(c4CC(=O)O)C(=O)NCCO5)cc3s2)cc1C(F)(F)F. The first kappa shape index (κ1) is 50.3. The largest absolute Gasteiger partial charge is 0.491 e. The van der Waals surface area contributed by atoms with Crippen LogP contribution < -0.4 is 29.4 Å². The van der Waals surface area contributed by atoms with E-state index in [-0.39, 0.29) is 98.5 Å². The Hall–Kier alpha value is -7.56. The number of hydrogen-bond acceptors (Lipinski definition) is 14. The van der Waals surface area contributed by atoms with Gasteiger partial charge in [0.2, 0.25) is 0 Å². The smallest absolute Gasteiger partial charge is 0.417 e. The van der Waals surface area contributed by atoms with Gasteiger partial charge in [-0.3, -0.25) is 28.8 Å². The van der Waals surface area contributed by atoms with Crippen LogP contribution in [0.1, 0.15) is 54.1 Å². The predicted molar refractivity (Wildman–Crippen MR) is 236 cm³/mol. The maximum Gasteiger partial charge on any atom is 0.417 e. The van der Waals surface area contributed by atoms with Crippen LogP contribution in [-0.2, 0) is 65.6 Å². The quantitative estimate of drug-likeness (QED) is 0.0636. The van der Waals surface area contributed by atoms with E-state index >= 15 is 0 Å². The van der Waals surface area contributed by atoms with E-state index in [2.05, 4.69) is 10.6 Å². The number of carbonyl (C=O) groups is 6. The van der Waals surface area contributed by atoms with Gasteiger partial charge in [-0.15, -0.1) is 11.3 Å². The molecule has 0 radical (unpaired) electrons. The van der Waals surface area contributed by atoms with Crippen molar-refractivity contribution >= 4 is 74.7 Å². The normalized spacial score (nSPS) is 14.5. The number of carboxylic acid groups (broad SMARTS) is 4. The molecule has 0 saturated carbocycles. The Morgan fingerprint density at radius 3 is 1.71 bits per heavy atom. The van der Waals surface area contributed by atoms with E-state index in [0.29, 0.717) is 17.4 Å². The predicted octanol–water partition coefficient (Wildman–Crippen LogP) is 4.38. The molecule has 8 N–H and O–H groups in total. The van der Waals surface area contributed by atoms with Gasteiger partial charge in [0.15, 0.2) is 0 Å². The van der Waals surface area contributed by atoms with Gasteiger partial charge in [0.1, 0.15) is 41.0 Å². The molecule has 366 valence electrons. The molecule has 2 aliphatic rings. The van der Waals surface area contributed by atoms with Gasteiger partial charge in [-0.2, -0.15) is 23.2 Å². The highest BCUT2D eigenvalue weighted by Gasteiger charge is 2.36. The summed E-state index contributed by atoms with van der Waals surface area (Å²) in [5.74, 6) is -8.81. The van der Waals surface area contributed by atoms with E-state index in [9.17, 15) is 80.2 Å². The molecule has 0 aliphatic carbocycles. The summed E-state index contributed by atoms with van der Waals surface area (Å²) in [5.41, 5.74) is -4.48. The molecular weight excluding hydrogens is 997 g/mol. The summed E-state index contributed by atoms with van der Waals surface area (Å²) in [6.07, 6.45) is -10.0. The van der Waals surface area contributed by atoms with Crippen molar-refractivity contribution in [2.45, 2.75) is 36.1 Å². The number of nitriles is 1. The Labute approximate surface area is 395 Å². The Bertz CT molecular complexity index is 3150. The summed E-state index contributed by atoms with van der Waals surface area (Å²) in [6.45, 7) is -0.564. The second-order valence-corrected chi connectivity index (χ2v) is 20.2. The van der Waals surface area contributed by atoms with Gasteiger partial charge in [-0.1, -0.05) is 0 Å². The van der Waals surface area contributed by atoms with Crippen LogP contribution in [0.3, 0.4) is 0 Å². The number of thiophene rings is 1. The first-order valence-electron chi connectivity index (χ1n) is 20.1. The molecule has 1 aromatic heterocycles. The van der Waals surface area contributed by atoms with Crippen molar-refractivity contribution in [3.63, 3.8) is 0 Å². The van der Waals surface area contributed by atoms with E-state index < -0.39 is 124 Å². The highest BCUT2D eigenvalue weighted by molar-refractivity contribution is 7.92. The highest BCUT2D eigenvalue weighted by atomic mass is 32.2. The lowest BCUT2D eigenvalue weighted by atomic mass is 9.81. The van der Waals surface area contributed by atoms with Gasteiger partial charge in [0.25, 0.3) is 21.8 Å². The van der Waals surface area contributed by atoms with Crippen LogP contribution in [0.2, 0.25) is 0 Å². The molecule has 5 aromatic rings. The number of aliphatic carboxylic acids is 4. The zero-order valence-corrected chi connectivity index (χ0v) is 38.0. The lowest BCUT2D eigenvalue weighted by molar-refractivity contribution is -0.138. The van der Waals surface area contributed by atoms with Crippen molar-refractivity contribution in [1.82, 2.24) is 15.4 Å². The molecule has 27 heteroatoms. The molecule has 0 fully saturated rings. The summed E-state index contributed by atoms with van der Waals surface area (Å²) >= 11 is 0.529. The summed E-state index contributed by atoms with van der Waals surface area (Å²) in [7, 11) is -10.0. The van der Waals surface area contributed by atoms with Crippen LogP contribution in [0.15, 0.2) is 52.7 Å². The lowest BCUT2D eigenvalue weighted by Gasteiger charge is -2.26. The fourth-order valence-corrected chi connectivity index (χ4v) is 11.9. The number of benzene rings is 4. The number of amides is 2. The summed E-state index contributed by atoms with van der Waals surface area (Å²) in [4.78, 5) is 87.8. The number of alkyl halides is 3. The van der Waals surface area contributed by atoms with E-state index in [4.69, 9.17) is 19.3 Å². The summed E-state index contributed by atoms with van der Waals surface area (Å²) < 4.78 is 99.5. The molecule has 4 aromatic carbocycles. The lowest BCUT2D eigenvalue weighted by Crippen LogP contribution is -2.33. The fourth-order valence-electron chi connectivity index (χ4n) is 7.92. The first-order valence-corrected chi connectivity index (χ1v) is 24.2. The number of halogens is 3. The molecule has 70 heavy (non-hydrogen) atoms. The number of hydrogen-bond donors (Lipinski definition) is 8. The second kappa shape index (κ2) is 19.4. The Morgan fingerprint density at radius 1 is 0.757 bits per heavy atom. The van der Waals surface area contributed by atoms with E-state index in [1.807, 2.05) is 4.72 Å². The minimum Gasteiger partial charge on any atom is -0.491 e. The maximum absolute atomic E-state index is 13.9. The van der Waals surface area contributed by atoms with Crippen LogP contribution in [0.25, 0.3) is 32.3 Å². The van der Waals surface area contributed by atoms with E-state index in [1.165, 1.54) is 30.3 Å². The zero-order valence-electron chi connectivity index (χ0n) is 35.5. The molecule has 4 bridgehead atoms. The molecule has 2 aliphatic heterocycles. The van der Waals surface area contributed by atoms with Crippen molar-refractivity contribution < 1.29 is 94.2 Å². The van der Waals surface area contributed by atoms with Crippen molar-refractivity contribution in [3.8, 4) is 45.6 Å². The van der Waals surface area contributed by atoms with Crippen molar-refractivity contribution in [2.75, 3.05) is 32.6 Å².